The van der Waals surface area contributed by atoms with Crippen LogP contribution in [-0.4, -0.2) is 12.2 Å². The van der Waals surface area contributed by atoms with Crippen molar-refractivity contribution in [2.75, 3.05) is 7.11 Å². The number of aliphatic hydroxyl groups is 1. The van der Waals surface area contributed by atoms with E-state index in [2.05, 4.69) is 0 Å². The lowest BCUT2D eigenvalue weighted by Crippen LogP contribution is -2.35. The molecule has 1 aromatic carbocycles. The van der Waals surface area contributed by atoms with Crippen molar-refractivity contribution in [3.8, 4) is 5.75 Å². The van der Waals surface area contributed by atoms with E-state index in [1.165, 1.54) is 25.7 Å². The zero-order chi connectivity index (χ0) is 12.8. The summed E-state index contributed by atoms with van der Waals surface area (Å²) in [6.45, 7) is 1.97. The van der Waals surface area contributed by atoms with Gasteiger partial charge in [-0.3, -0.25) is 0 Å². The van der Waals surface area contributed by atoms with E-state index in [0.717, 1.165) is 17.2 Å². The third-order valence-electron chi connectivity index (χ3n) is 5.11. The highest BCUT2D eigenvalue weighted by molar-refractivity contribution is 5.38. The van der Waals surface area contributed by atoms with Crippen LogP contribution in [0.25, 0.3) is 0 Å². The van der Waals surface area contributed by atoms with Gasteiger partial charge in [0.15, 0.2) is 0 Å². The second kappa shape index (κ2) is 4.27. The Morgan fingerprint density at radius 1 is 1.22 bits per heavy atom. The smallest absolute Gasteiger partial charge is 0.124 e. The Morgan fingerprint density at radius 2 is 2.00 bits per heavy atom. The van der Waals surface area contributed by atoms with Crippen molar-refractivity contribution in [1.82, 2.24) is 0 Å². The topological polar surface area (TPSA) is 29.5 Å². The average molecular weight is 246 g/mol. The molecule has 18 heavy (non-hydrogen) atoms. The van der Waals surface area contributed by atoms with E-state index in [1.807, 2.05) is 31.2 Å². The molecule has 1 aromatic rings. The Balaban J connectivity index is 1.94. The quantitative estimate of drug-likeness (QED) is 0.886. The highest BCUT2D eigenvalue weighted by atomic mass is 16.5. The van der Waals surface area contributed by atoms with Gasteiger partial charge in [-0.15, -0.1) is 0 Å². The number of ether oxygens (including phenoxy) is 1. The first-order valence-corrected chi connectivity index (χ1v) is 6.98. The molecule has 1 N–H and O–H groups in total. The molecule has 98 valence electrons. The first-order chi connectivity index (χ1) is 8.63. The molecule has 2 aliphatic carbocycles. The summed E-state index contributed by atoms with van der Waals surface area (Å²) in [6, 6.07) is 7.89. The van der Waals surface area contributed by atoms with Gasteiger partial charge in [0.2, 0.25) is 0 Å². The van der Waals surface area contributed by atoms with Crippen molar-refractivity contribution >= 4 is 0 Å². The summed E-state index contributed by atoms with van der Waals surface area (Å²) in [6.07, 6.45) is 5.15. The van der Waals surface area contributed by atoms with Crippen LogP contribution >= 0.6 is 0 Å². The number of hydrogen-bond acceptors (Lipinski definition) is 2. The lowest BCUT2D eigenvalue weighted by molar-refractivity contribution is -0.0313. The van der Waals surface area contributed by atoms with Gasteiger partial charge in [-0.1, -0.05) is 24.6 Å². The Hall–Kier alpha value is -1.02. The van der Waals surface area contributed by atoms with E-state index < -0.39 is 5.60 Å². The van der Waals surface area contributed by atoms with E-state index in [1.54, 1.807) is 7.11 Å². The van der Waals surface area contributed by atoms with E-state index in [9.17, 15) is 5.11 Å². The molecular formula is C16H22O2. The monoisotopic (exact) mass is 246 g/mol. The first-order valence-electron chi connectivity index (χ1n) is 6.98. The molecule has 4 atom stereocenters. The van der Waals surface area contributed by atoms with Gasteiger partial charge < -0.3 is 9.84 Å². The minimum atomic E-state index is -0.757. The van der Waals surface area contributed by atoms with Crippen molar-refractivity contribution in [3.63, 3.8) is 0 Å². The van der Waals surface area contributed by atoms with E-state index in [0.29, 0.717) is 11.8 Å². The fraction of sp³-hybridized carbons (Fsp3) is 0.625. The van der Waals surface area contributed by atoms with Crippen LogP contribution in [0.2, 0.25) is 0 Å². The van der Waals surface area contributed by atoms with Crippen molar-refractivity contribution in [1.29, 1.82) is 0 Å². The average Bonchev–Trinajstić information content (AvgIpc) is 3.01. The highest BCUT2D eigenvalue weighted by Crippen LogP contribution is 2.55. The number of para-hydroxylation sites is 1. The van der Waals surface area contributed by atoms with Gasteiger partial charge in [0.05, 0.1) is 12.7 Å². The Labute approximate surface area is 109 Å². The van der Waals surface area contributed by atoms with Crippen LogP contribution in [0.5, 0.6) is 5.75 Å². The van der Waals surface area contributed by atoms with Gasteiger partial charge in [0.1, 0.15) is 5.75 Å². The molecule has 2 heteroatoms. The molecule has 2 nitrogen and oxygen atoms in total. The third kappa shape index (κ3) is 1.74. The summed E-state index contributed by atoms with van der Waals surface area (Å²) in [4.78, 5) is 0. The maximum atomic E-state index is 11.0. The molecule has 2 saturated carbocycles. The van der Waals surface area contributed by atoms with Crippen LogP contribution in [0, 0.1) is 17.8 Å². The van der Waals surface area contributed by atoms with Gasteiger partial charge >= 0.3 is 0 Å². The molecule has 0 heterocycles. The molecule has 0 aromatic heterocycles. The van der Waals surface area contributed by atoms with Crippen molar-refractivity contribution in [3.05, 3.63) is 29.8 Å². The minimum Gasteiger partial charge on any atom is -0.496 e. The zero-order valence-electron chi connectivity index (χ0n) is 11.2. The van der Waals surface area contributed by atoms with Gasteiger partial charge in [-0.2, -0.15) is 0 Å². The van der Waals surface area contributed by atoms with Crippen LogP contribution in [0.3, 0.4) is 0 Å². The number of benzene rings is 1. The molecular weight excluding hydrogens is 224 g/mol. The third-order valence-corrected chi connectivity index (χ3v) is 5.11. The fourth-order valence-corrected chi connectivity index (χ4v) is 4.20. The summed E-state index contributed by atoms with van der Waals surface area (Å²) < 4.78 is 5.41. The Bertz CT molecular complexity index is 438. The summed E-state index contributed by atoms with van der Waals surface area (Å²) in [5.41, 5.74) is 0.192. The molecule has 0 radical (unpaired) electrons. The fourth-order valence-electron chi connectivity index (χ4n) is 4.20. The van der Waals surface area contributed by atoms with E-state index >= 15 is 0 Å². The lowest BCUT2D eigenvalue weighted by Gasteiger charge is -2.37. The number of methoxy groups -OCH3 is 1. The van der Waals surface area contributed by atoms with Gasteiger partial charge in [0, 0.05) is 5.56 Å². The van der Waals surface area contributed by atoms with Crippen molar-refractivity contribution in [2.45, 2.75) is 38.2 Å². The summed E-state index contributed by atoms with van der Waals surface area (Å²) >= 11 is 0. The van der Waals surface area contributed by atoms with Crippen LogP contribution < -0.4 is 4.74 Å². The van der Waals surface area contributed by atoms with Crippen molar-refractivity contribution in [2.24, 2.45) is 17.8 Å². The van der Waals surface area contributed by atoms with Crippen LogP contribution in [0.4, 0.5) is 0 Å². The predicted molar refractivity (Wildman–Crippen MR) is 71.5 cm³/mol. The van der Waals surface area contributed by atoms with E-state index in [4.69, 9.17) is 4.74 Å². The second-order valence-electron chi connectivity index (χ2n) is 6.13. The maximum Gasteiger partial charge on any atom is 0.124 e. The van der Waals surface area contributed by atoms with Crippen LogP contribution in [0.1, 0.15) is 38.2 Å². The molecule has 2 aliphatic rings. The SMILES string of the molecule is COc1ccccc1C(C)(O)C1CC2CCC1C2. The number of fused-ring (bicyclic) bond motifs is 2. The molecule has 0 saturated heterocycles. The largest absolute Gasteiger partial charge is 0.496 e. The summed E-state index contributed by atoms with van der Waals surface area (Å²) in [5.74, 6) is 2.76. The van der Waals surface area contributed by atoms with Gasteiger partial charge in [-0.05, 0) is 50.0 Å². The lowest BCUT2D eigenvalue weighted by atomic mass is 9.73. The molecule has 4 unspecified atom stereocenters. The Kier molecular flexibility index (Phi) is 2.86. The van der Waals surface area contributed by atoms with Crippen molar-refractivity contribution < 1.29 is 9.84 Å². The molecule has 2 bridgehead atoms. The molecule has 3 rings (SSSR count). The van der Waals surface area contributed by atoms with E-state index in [-0.39, 0.29) is 0 Å². The number of hydrogen-bond donors (Lipinski definition) is 1. The predicted octanol–water partition coefficient (Wildman–Crippen LogP) is 3.34. The molecule has 0 amide bonds. The maximum absolute atomic E-state index is 11.0. The minimum absolute atomic E-state index is 0.396. The number of rotatable bonds is 3. The highest BCUT2D eigenvalue weighted by Gasteiger charge is 2.49. The summed E-state index contributed by atoms with van der Waals surface area (Å²) in [5, 5.41) is 11.0. The Morgan fingerprint density at radius 3 is 2.61 bits per heavy atom. The molecule has 0 aliphatic heterocycles. The van der Waals surface area contributed by atoms with Gasteiger partial charge in [0.25, 0.3) is 0 Å². The van der Waals surface area contributed by atoms with Crippen LogP contribution in [0.15, 0.2) is 24.3 Å². The summed E-state index contributed by atoms with van der Waals surface area (Å²) in [7, 11) is 1.68. The normalized spacial score (nSPS) is 33.4. The standard InChI is InChI=1S/C16H22O2/c1-16(17,13-5-3-4-6-15(13)18-2)14-10-11-7-8-12(14)9-11/h3-6,11-12,14,17H,7-10H2,1-2H3. The van der Waals surface area contributed by atoms with Gasteiger partial charge in [-0.25, -0.2) is 0 Å². The zero-order valence-corrected chi connectivity index (χ0v) is 11.2. The first kappa shape index (κ1) is 12.0. The second-order valence-corrected chi connectivity index (χ2v) is 6.13. The molecule has 2 fully saturated rings. The molecule has 0 spiro atoms. The van der Waals surface area contributed by atoms with Crippen LogP contribution in [-0.2, 0) is 5.60 Å².